The number of nitro groups is 1. The Hall–Kier alpha value is -2.47. The molecular formula is C13H12ClN3O3. The molecule has 0 spiro atoms. The van der Waals surface area contributed by atoms with E-state index >= 15 is 0 Å². The van der Waals surface area contributed by atoms with Crippen molar-refractivity contribution in [2.45, 2.75) is 0 Å². The van der Waals surface area contributed by atoms with Crippen LogP contribution in [0.5, 0.6) is 5.75 Å². The average Bonchev–Trinajstić information content (AvgIpc) is 2.41. The van der Waals surface area contributed by atoms with Crippen LogP contribution in [-0.4, -0.2) is 12.0 Å². The van der Waals surface area contributed by atoms with Crippen LogP contribution in [0.15, 0.2) is 36.4 Å². The average molecular weight is 294 g/mol. The predicted molar refractivity (Wildman–Crippen MR) is 78.8 cm³/mol. The molecule has 104 valence electrons. The highest BCUT2D eigenvalue weighted by Crippen LogP contribution is 2.36. The van der Waals surface area contributed by atoms with Crippen LogP contribution in [0, 0.1) is 10.1 Å². The number of nitrogens with one attached hydrogen (secondary N) is 1. The lowest BCUT2D eigenvalue weighted by atomic mass is 10.2. The van der Waals surface area contributed by atoms with Crippen LogP contribution in [0.3, 0.4) is 0 Å². The van der Waals surface area contributed by atoms with Crippen molar-refractivity contribution in [2.75, 3.05) is 18.2 Å². The van der Waals surface area contributed by atoms with E-state index in [9.17, 15) is 10.1 Å². The minimum Gasteiger partial charge on any atom is -0.497 e. The number of anilines is 3. The zero-order chi connectivity index (χ0) is 14.7. The molecule has 20 heavy (non-hydrogen) atoms. The second-order valence-electron chi connectivity index (χ2n) is 3.97. The maximum Gasteiger partial charge on any atom is 0.315 e. The van der Waals surface area contributed by atoms with Crippen LogP contribution in [-0.2, 0) is 0 Å². The molecule has 0 aliphatic rings. The Labute approximate surface area is 120 Å². The third-order valence-corrected chi connectivity index (χ3v) is 3.02. The lowest BCUT2D eigenvalue weighted by molar-refractivity contribution is -0.383. The van der Waals surface area contributed by atoms with Crippen LogP contribution in [0.25, 0.3) is 0 Å². The molecular weight excluding hydrogens is 282 g/mol. The van der Waals surface area contributed by atoms with Gasteiger partial charge in [-0.25, -0.2) is 0 Å². The molecule has 2 rings (SSSR count). The lowest BCUT2D eigenvalue weighted by Gasteiger charge is -2.11. The fourth-order valence-electron chi connectivity index (χ4n) is 1.74. The number of ether oxygens (including phenoxy) is 1. The normalized spacial score (nSPS) is 10.1. The van der Waals surface area contributed by atoms with Crippen molar-refractivity contribution < 1.29 is 9.66 Å². The quantitative estimate of drug-likeness (QED) is 0.511. The summed E-state index contributed by atoms with van der Waals surface area (Å²) in [6.45, 7) is 0. The van der Waals surface area contributed by atoms with Gasteiger partial charge in [-0.15, -0.1) is 0 Å². The Morgan fingerprint density at radius 2 is 2.05 bits per heavy atom. The Bertz CT molecular complexity index is 661. The smallest absolute Gasteiger partial charge is 0.315 e. The zero-order valence-corrected chi connectivity index (χ0v) is 11.3. The van der Waals surface area contributed by atoms with Gasteiger partial charge in [0.1, 0.15) is 17.1 Å². The van der Waals surface area contributed by atoms with E-state index in [1.54, 1.807) is 30.3 Å². The molecule has 3 N–H and O–H groups in total. The molecule has 0 heterocycles. The zero-order valence-electron chi connectivity index (χ0n) is 10.6. The SMILES string of the molecule is COc1ccc(Cl)c(Nc2cccc(N)c2[N+](=O)[O-])c1. The highest BCUT2D eigenvalue weighted by atomic mass is 35.5. The largest absolute Gasteiger partial charge is 0.497 e. The molecule has 0 aliphatic carbocycles. The maximum absolute atomic E-state index is 11.1. The molecule has 0 amide bonds. The summed E-state index contributed by atoms with van der Waals surface area (Å²) in [5.74, 6) is 0.587. The highest BCUT2D eigenvalue weighted by molar-refractivity contribution is 6.33. The number of nitrogen functional groups attached to an aromatic ring is 1. The maximum atomic E-state index is 11.1. The second-order valence-corrected chi connectivity index (χ2v) is 4.38. The van der Waals surface area contributed by atoms with Gasteiger partial charge in [0.05, 0.1) is 22.7 Å². The van der Waals surface area contributed by atoms with E-state index in [0.717, 1.165) is 0 Å². The first-order valence-electron chi connectivity index (χ1n) is 5.66. The standard InChI is InChI=1S/C13H12ClN3O3/c1-20-8-5-6-9(14)12(7-8)16-11-4-2-3-10(15)13(11)17(18)19/h2-7,16H,15H2,1H3. The van der Waals surface area contributed by atoms with E-state index < -0.39 is 4.92 Å². The summed E-state index contributed by atoms with van der Waals surface area (Å²) in [5, 5.41) is 14.4. The van der Waals surface area contributed by atoms with E-state index in [0.29, 0.717) is 16.5 Å². The van der Waals surface area contributed by atoms with Gasteiger partial charge in [0.2, 0.25) is 0 Å². The van der Waals surface area contributed by atoms with Crippen molar-refractivity contribution in [3.63, 3.8) is 0 Å². The van der Waals surface area contributed by atoms with Gasteiger partial charge in [0.25, 0.3) is 0 Å². The first-order valence-corrected chi connectivity index (χ1v) is 6.04. The number of hydrogen-bond donors (Lipinski definition) is 2. The second kappa shape index (κ2) is 5.66. The number of nitro benzene ring substituents is 1. The van der Waals surface area contributed by atoms with Gasteiger partial charge >= 0.3 is 5.69 Å². The van der Waals surface area contributed by atoms with E-state index in [2.05, 4.69) is 5.32 Å². The van der Waals surface area contributed by atoms with Crippen molar-refractivity contribution in [3.05, 3.63) is 51.5 Å². The summed E-state index contributed by atoms with van der Waals surface area (Å²) < 4.78 is 5.09. The lowest BCUT2D eigenvalue weighted by Crippen LogP contribution is -2.01. The van der Waals surface area contributed by atoms with Crippen molar-refractivity contribution in [1.29, 1.82) is 0 Å². The summed E-state index contributed by atoms with van der Waals surface area (Å²) in [5.41, 5.74) is 6.29. The molecule has 2 aromatic carbocycles. The summed E-state index contributed by atoms with van der Waals surface area (Å²) in [4.78, 5) is 10.5. The minimum atomic E-state index is -0.536. The van der Waals surface area contributed by atoms with Gasteiger partial charge in [-0.3, -0.25) is 10.1 Å². The Kier molecular flexibility index (Phi) is 3.95. The third-order valence-electron chi connectivity index (χ3n) is 2.69. The highest BCUT2D eigenvalue weighted by Gasteiger charge is 2.18. The molecule has 0 bridgehead atoms. The molecule has 0 radical (unpaired) electrons. The van der Waals surface area contributed by atoms with Gasteiger partial charge < -0.3 is 15.8 Å². The molecule has 2 aromatic rings. The predicted octanol–water partition coefficient (Wildman–Crippen LogP) is 3.58. The fourth-order valence-corrected chi connectivity index (χ4v) is 1.90. The van der Waals surface area contributed by atoms with Crippen LogP contribution < -0.4 is 15.8 Å². The van der Waals surface area contributed by atoms with Gasteiger partial charge in [-0.05, 0) is 24.3 Å². The van der Waals surface area contributed by atoms with Gasteiger partial charge in [-0.1, -0.05) is 17.7 Å². The third kappa shape index (κ3) is 2.75. The molecule has 6 nitrogen and oxygen atoms in total. The number of para-hydroxylation sites is 1. The van der Waals surface area contributed by atoms with Crippen molar-refractivity contribution in [2.24, 2.45) is 0 Å². The summed E-state index contributed by atoms with van der Waals surface area (Å²) in [6.07, 6.45) is 0. The van der Waals surface area contributed by atoms with Gasteiger partial charge in [0, 0.05) is 6.07 Å². The van der Waals surface area contributed by atoms with E-state index in [-0.39, 0.29) is 17.1 Å². The topological polar surface area (TPSA) is 90.4 Å². The Morgan fingerprint density at radius 3 is 2.70 bits per heavy atom. The summed E-state index contributed by atoms with van der Waals surface area (Å²) in [6, 6.07) is 9.64. The van der Waals surface area contributed by atoms with E-state index in [4.69, 9.17) is 22.1 Å². The Morgan fingerprint density at radius 1 is 1.30 bits per heavy atom. The molecule has 0 atom stereocenters. The molecule has 0 fully saturated rings. The van der Waals surface area contributed by atoms with E-state index in [1.165, 1.54) is 13.2 Å². The molecule has 0 saturated carbocycles. The summed E-state index contributed by atoms with van der Waals surface area (Å²) in [7, 11) is 1.52. The number of hydrogen-bond acceptors (Lipinski definition) is 5. The first-order chi connectivity index (χ1) is 9.52. The van der Waals surface area contributed by atoms with Crippen molar-refractivity contribution in [3.8, 4) is 5.75 Å². The minimum absolute atomic E-state index is 0.0824. The number of rotatable bonds is 4. The van der Waals surface area contributed by atoms with E-state index in [1.807, 2.05) is 0 Å². The first kappa shape index (κ1) is 14.0. The number of nitrogens with two attached hydrogens (primary N) is 1. The monoisotopic (exact) mass is 293 g/mol. The molecule has 0 unspecified atom stereocenters. The van der Waals surface area contributed by atoms with Crippen LogP contribution in [0.1, 0.15) is 0 Å². The number of halogens is 1. The van der Waals surface area contributed by atoms with Crippen LogP contribution >= 0.6 is 11.6 Å². The fraction of sp³-hybridized carbons (Fsp3) is 0.0769. The molecule has 0 aliphatic heterocycles. The number of methoxy groups -OCH3 is 1. The number of nitrogens with zero attached hydrogens (tertiary/aromatic N) is 1. The van der Waals surface area contributed by atoms with Crippen LogP contribution in [0.4, 0.5) is 22.7 Å². The number of benzene rings is 2. The summed E-state index contributed by atoms with van der Waals surface area (Å²) >= 11 is 6.06. The molecule has 0 aromatic heterocycles. The van der Waals surface area contributed by atoms with Gasteiger partial charge in [-0.2, -0.15) is 0 Å². The van der Waals surface area contributed by atoms with Crippen molar-refractivity contribution >= 4 is 34.4 Å². The molecule has 0 saturated heterocycles. The van der Waals surface area contributed by atoms with Crippen LogP contribution in [0.2, 0.25) is 5.02 Å². The van der Waals surface area contributed by atoms with Crippen molar-refractivity contribution in [1.82, 2.24) is 0 Å². The molecule has 7 heteroatoms. The Balaban J connectivity index is 2.45. The van der Waals surface area contributed by atoms with Gasteiger partial charge in [0.15, 0.2) is 0 Å².